The van der Waals surface area contributed by atoms with E-state index in [9.17, 15) is 19.2 Å². The number of amides is 4. The number of nitrogens with zero attached hydrogens (tertiary/aromatic N) is 1. The lowest BCUT2D eigenvalue weighted by molar-refractivity contribution is -0.143. The van der Waals surface area contributed by atoms with Crippen LogP contribution in [0.5, 0.6) is 11.5 Å². The lowest BCUT2D eigenvalue weighted by atomic mass is 10.1. The third-order valence-electron chi connectivity index (χ3n) is 4.20. The highest BCUT2D eigenvalue weighted by Gasteiger charge is 2.36. The predicted octanol–water partition coefficient (Wildman–Crippen LogP) is 2.26. The van der Waals surface area contributed by atoms with Crippen LogP contribution in [0.1, 0.15) is 11.3 Å². The zero-order valence-corrected chi connectivity index (χ0v) is 18.1. The Labute approximate surface area is 184 Å². The van der Waals surface area contributed by atoms with Crippen molar-refractivity contribution in [2.75, 3.05) is 20.8 Å². The predicted molar refractivity (Wildman–Crippen MR) is 109 cm³/mol. The summed E-state index contributed by atoms with van der Waals surface area (Å²) in [5.74, 6) is -1.31. The number of ether oxygens (including phenoxy) is 3. The van der Waals surface area contributed by atoms with Gasteiger partial charge in [0.2, 0.25) is 0 Å². The maximum Gasteiger partial charge on any atom is 0.343 e. The summed E-state index contributed by atoms with van der Waals surface area (Å²) in [6, 6.07) is 5.47. The Hall–Kier alpha value is -3.60. The van der Waals surface area contributed by atoms with Crippen LogP contribution < -0.4 is 14.8 Å². The summed E-state index contributed by atoms with van der Waals surface area (Å²) in [4.78, 5) is 49.4. The largest absolute Gasteiger partial charge is 0.493 e. The molecule has 1 saturated heterocycles. The van der Waals surface area contributed by atoms with E-state index in [0.717, 1.165) is 4.90 Å². The second-order valence-electron chi connectivity index (χ2n) is 6.19. The molecule has 0 saturated carbocycles. The number of benzene rings is 1. The number of carbonyl (C=O) groups is 4. The summed E-state index contributed by atoms with van der Waals surface area (Å²) >= 11 is 3.32. The summed E-state index contributed by atoms with van der Waals surface area (Å²) in [7, 11) is 2.63. The molecule has 31 heavy (non-hydrogen) atoms. The maximum absolute atomic E-state index is 12.8. The molecule has 11 heteroatoms. The Balaban J connectivity index is 1.90. The Bertz CT molecular complexity index is 1060. The van der Waals surface area contributed by atoms with Crippen LogP contribution in [0.2, 0.25) is 0 Å². The summed E-state index contributed by atoms with van der Waals surface area (Å²) < 4.78 is 20.8. The van der Waals surface area contributed by atoms with Crippen molar-refractivity contribution in [3.05, 3.63) is 51.9 Å². The molecular weight excluding hydrogens is 476 g/mol. The molecular formula is C20H17BrN2O8. The van der Waals surface area contributed by atoms with Crippen LogP contribution in [0.4, 0.5) is 4.79 Å². The van der Waals surface area contributed by atoms with Crippen LogP contribution in [-0.2, 0) is 25.7 Å². The Morgan fingerprint density at radius 2 is 2.03 bits per heavy atom. The highest BCUT2D eigenvalue weighted by Crippen LogP contribution is 2.37. The summed E-state index contributed by atoms with van der Waals surface area (Å²) in [6.45, 7) is -0.466. The van der Waals surface area contributed by atoms with Gasteiger partial charge >= 0.3 is 12.0 Å². The molecule has 1 fully saturated rings. The van der Waals surface area contributed by atoms with Crippen molar-refractivity contribution < 1.29 is 37.8 Å². The smallest absolute Gasteiger partial charge is 0.343 e. The van der Waals surface area contributed by atoms with Crippen molar-refractivity contribution in [2.24, 2.45) is 0 Å². The van der Waals surface area contributed by atoms with Crippen molar-refractivity contribution in [3.63, 3.8) is 0 Å². The lowest BCUT2D eigenvalue weighted by Crippen LogP contribution is -2.53. The van der Waals surface area contributed by atoms with E-state index in [1.165, 1.54) is 32.6 Å². The Kier molecular flexibility index (Phi) is 6.75. The van der Waals surface area contributed by atoms with Gasteiger partial charge in [-0.25, -0.2) is 9.59 Å². The molecule has 0 spiro atoms. The van der Waals surface area contributed by atoms with Crippen LogP contribution >= 0.6 is 15.9 Å². The van der Waals surface area contributed by atoms with E-state index < -0.39 is 23.8 Å². The number of carbonyl (C=O) groups excluding carboxylic acids is 4. The Morgan fingerprint density at radius 3 is 2.68 bits per heavy atom. The molecule has 1 aromatic carbocycles. The number of barbiturate groups is 1. The number of esters is 1. The Morgan fingerprint density at radius 1 is 1.26 bits per heavy atom. The van der Waals surface area contributed by atoms with Crippen molar-refractivity contribution in [3.8, 4) is 11.5 Å². The van der Waals surface area contributed by atoms with Gasteiger partial charge in [-0.15, -0.1) is 0 Å². The number of imide groups is 2. The van der Waals surface area contributed by atoms with Crippen molar-refractivity contribution in [2.45, 2.75) is 6.54 Å². The number of hydrogen-bond acceptors (Lipinski definition) is 8. The van der Waals surface area contributed by atoms with Crippen LogP contribution in [0.3, 0.4) is 0 Å². The molecule has 10 nitrogen and oxygen atoms in total. The zero-order chi connectivity index (χ0) is 22.5. The molecule has 2 aromatic rings. The average Bonchev–Trinajstić information content (AvgIpc) is 3.26. The minimum atomic E-state index is -0.839. The van der Waals surface area contributed by atoms with Gasteiger partial charge in [0, 0.05) is 0 Å². The first-order chi connectivity index (χ1) is 14.8. The average molecular weight is 493 g/mol. The van der Waals surface area contributed by atoms with Gasteiger partial charge in [-0.05, 0) is 51.8 Å². The van der Waals surface area contributed by atoms with E-state index in [1.54, 1.807) is 18.2 Å². The fourth-order valence-electron chi connectivity index (χ4n) is 2.72. The molecule has 1 aliphatic heterocycles. The molecule has 1 aromatic heterocycles. The molecule has 4 amide bonds. The highest BCUT2D eigenvalue weighted by atomic mass is 79.9. The van der Waals surface area contributed by atoms with Crippen molar-refractivity contribution in [1.29, 1.82) is 0 Å². The molecule has 1 aliphatic rings. The fourth-order valence-corrected chi connectivity index (χ4v) is 3.29. The third-order valence-corrected chi connectivity index (χ3v) is 4.79. The quantitative estimate of drug-likeness (QED) is 0.354. The van der Waals surface area contributed by atoms with Gasteiger partial charge in [-0.1, -0.05) is 0 Å². The number of furan rings is 1. The van der Waals surface area contributed by atoms with E-state index in [4.69, 9.17) is 13.9 Å². The lowest BCUT2D eigenvalue weighted by Gasteiger charge is -2.25. The fraction of sp³-hybridized carbons (Fsp3) is 0.200. The van der Waals surface area contributed by atoms with Crippen LogP contribution in [0.15, 0.2) is 45.0 Å². The van der Waals surface area contributed by atoms with E-state index in [2.05, 4.69) is 26.0 Å². The second kappa shape index (κ2) is 9.47. The maximum atomic E-state index is 12.8. The molecule has 0 unspecified atom stereocenters. The van der Waals surface area contributed by atoms with Gasteiger partial charge in [0.15, 0.2) is 18.1 Å². The number of methoxy groups -OCH3 is 2. The standard InChI is InChI=1S/C20H17BrN2O8/c1-28-15-8-11(7-14(21)17(15)31-10-16(24)29-2)6-13-18(25)22-20(27)23(19(13)26)9-12-4-3-5-30-12/h3-8H,9-10H2,1-2H3,(H,22,25,27)/b13-6+. The minimum absolute atomic E-state index is 0.129. The summed E-state index contributed by atoms with van der Waals surface area (Å²) in [6.07, 6.45) is 2.73. The topological polar surface area (TPSA) is 124 Å². The molecule has 0 bridgehead atoms. The number of nitrogens with one attached hydrogen (secondary N) is 1. The SMILES string of the molecule is COC(=O)COc1c(Br)cc(/C=C2\C(=O)NC(=O)N(Cc3ccco3)C2=O)cc1OC. The second-order valence-corrected chi connectivity index (χ2v) is 7.04. The van der Waals surface area contributed by atoms with Gasteiger partial charge in [0.05, 0.1) is 31.5 Å². The molecule has 1 N–H and O–H groups in total. The molecule has 0 atom stereocenters. The molecule has 162 valence electrons. The van der Waals surface area contributed by atoms with Crippen molar-refractivity contribution in [1.82, 2.24) is 10.2 Å². The van der Waals surface area contributed by atoms with Gasteiger partial charge in [-0.3, -0.25) is 19.8 Å². The van der Waals surface area contributed by atoms with Crippen LogP contribution in [0, 0.1) is 0 Å². The number of halogens is 1. The van der Waals surface area contributed by atoms with Gasteiger partial charge in [0.25, 0.3) is 11.8 Å². The number of urea groups is 1. The first-order valence-electron chi connectivity index (χ1n) is 8.82. The van der Waals surface area contributed by atoms with Gasteiger partial charge in [0.1, 0.15) is 11.3 Å². The molecule has 3 rings (SSSR count). The molecule has 2 heterocycles. The summed E-state index contributed by atoms with van der Waals surface area (Å²) in [5, 5.41) is 2.13. The molecule has 0 radical (unpaired) electrons. The van der Waals surface area contributed by atoms with E-state index in [0.29, 0.717) is 15.8 Å². The van der Waals surface area contributed by atoms with Crippen LogP contribution in [0.25, 0.3) is 6.08 Å². The van der Waals surface area contributed by atoms with Gasteiger partial charge < -0.3 is 18.6 Å². The minimum Gasteiger partial charge on any atom is -0.493 e. The first kappa shape index (κ1) is 22.1. The van der Waals surface area contributed by atoms with Gasteiger partial charge in [-0.2, -0.15) is 0 Å². The normalized spacial score (nSPS) is 15.1. The first-order valence-corrected chi connectivity index (χ1v) is 9.61. The number of hydrogen-bond donors (Lipinski definition) is 1. The monoisotopic (exact) mass is 492 g/mol. The number of rotatable bonds is 7. The highest BCUT2D eigenvalue weighted by molar-refractivity contribution is 9.10. The third kappa shape index (κ3) is 4.94. The van der Waals surface area contributed by atoms with E-state index >= 15 is 0 Å². The molecule has 0 aliphatic carbocycles. The summed E-state index contributed by atoms with van der Waals surface area (Å²) in [5.41, 5.74) is 0.170. The van der Waals surface area contributed by atoms with Crippen LogP contribution in [-0.4, -0.2) is 49.5 Å². The zero-order valence-electron chi connectivity index (χ0n) is 16.5. The van der Waals surface area contributed by atoms with Crippen molar-refractivity contribution >= 4 is 45.8 Å². The van der Waals surface area contributed by atoms with E-state index in [-0.39, 0.29) is 30.2 Å². The van der Waals surface area contributed by atoms with E-state index in [1.807, 2.05) is 0 Å².